The van der Waals surface area contributed by atoms with E-state index in [1.54, 1.807) is 48.5 Å². The van der Waals surface area contributed by atoms with Crippen molar-refractivity contribution in [2.24, 2.45) is 0 Å². The summed E-state index contributed by atoms with van der Waals surface area (Å²) in [5.74, 6) is 0.0509. The van der Waals surface area contributed by atoms with E-state index in [-0.39, 0.29) is 47.8 Å². The summed E-state index contributed by atoms with van der Waals surface area (Å²) >= 11 is 5.92. The average Bonchev–Trinajstić information content (AvgIpc) is 3.30. The highest BCUT2D eigenvalue weighted by atomic mass is 35.5. The van der Waals surface area contributed by atoms with Crippen LogP contribution in [0.1, 0.15) is 28.1 Å². The van der Waals surface area contributed by atoms with Gasteiger partial charge in [-0.3, -0.25) is 9.59 Å². The summed E-state index contributed by atoms with van der Waals surface area (Å²) in [6.45, 7) is 0.404. The Morgan fingerprint density at radius 3 is 2.50 bits per heavy atom. The van der Waals surface area contributed by atoms with Gasteiger partial charge in [-0.15, -0.1) is 0 Å². The number of hydrogen-bond donors (Lipinski definition) is 3. The molecular weight excluding hydrogens is 454 g/mol. The number of sulfonamides is 1. The molecule has 0 saturated heterocycles. The molecule has 0 aliphatic heterocycles. The van der Waals surface area contributed by atoms with Crippen molar-refractivity contribution in [2.45, 2.75) is 24.4 Å². The van der Waals surface area contributed by atoms with Gasteiger partial charge in [0.05, 0.1) is 17.8 Å². The van der Waals surface area contributed by atoms with Gasteiger partial charge in [0.25, 0.3) is 5.91 Å². The van der Waals surface area contributed by atoms with Gasteiger partial charge in [0.2, 0.25) is 15.9 Å². The van der Waals surface area contributed by atoms with Gasteiger partial charge in [-0.05, 0) is 42.0 Å². The Labute approximate surface area is 191 Å². The molecule has 0 saturated carbocycles. The second-order valence-corrected chi connectivity index (χ2v) is 8.96. The molecule has 10 heteroatoms. The van der Waals surface area contributed by atoms with Crippen LogP contribution >= 0.6 is 11.6 Å². The first-order valence-electron chi connectivity index (χ1n) is 9.75. The molecule has 8 nitrogen and oxygen atoms in total. The van der Waals surface area contributed by atoms with Crippen LogP contribution in [-0.4, -0.2) is 26.8 Å². The van der Waals surface area contributed by atoms with Crippen LogP contribution in [0.15, 0.2) is 76.2 Å². The summed E-state index contributed by atoms with van der Waals surface area (Å²) in [5.41, 5.74) is 1.19. The molecule has 1 heterocycles. The van der Waals surface area contributed by atoms with Crippen LogP contribution in [0, 0.1) is 0 Å². The van der Waals surface area contributed by atoms with E-state index in [2.05, 4.69) is 15.4 Å². The molecule has 3 rings (SSSR count). The van der Waals surface area contributed by atoms with Crippen LogP contribution in [0.2, 0.25) is 5.02 Å². The van der Waals surface area contributed by atoms with Crippen LogP contribution in [0.5, 0.6) is 0 Å². The molecule has 0 spiro atoms. The third-order valence-corrected chi connectivity index (χ3v) is 6.41. The summed E-state index contributed by atoms with van der Waals surface area (Å²) in [4.78, 5) is 24.4. The largest absolute Gasteiger partial charge is 0.467 e. The van der Waals surface area contributed by atoms with Crippen molar-refractivity contribution >= 4 is 33.4 Å². The SMILES string of the molecule is O=C(CCNS(=O)(=O)c1ccccc1Cl)NCc1cccc(C(=O)NCc2ccco2)c1. The van der Waals surface area contributed by atoms with E-state index in [1.165, 1.54) is 18.4 Å². The Bertz CT molecular complexity index is 1180. The second-order valence-electron chi connectivity index (χ2n) is 6.82. The predicted molar refractivity (Wildman–Crippen MR) is 119 cm³/mol. The molecule has 0 aliphatic rings. The Hall–Kier alpha value is -3.14. The lowest BCUT2D eigenvalue weighted by atomic mass is 10.1. The maximum atomic E-state index is 12.3. The van der Waals surface area contributed by atoms with Gasteiger partial charge in [-0.25, -0.2) is 13.1 Å². The fourth-order valence-corrected chi connectivity index (χ4v) is 4.38. The molecule has 1 aromatic heterocycles. The Morgan fingerprint density at radius 1 is 0.938 bits per heavy atom. The Morgan fingerprint density at radius 2 is 1.75 bits per heavy atom. The minimum absolute atomic E-state index is 0.0378. The van der Waals surface area contributed by atoms with Crippen LogP contribution in [0.3, 0.4) is 0 Å². The maximum absolute atomic E-state index is 12.3. The zero-order valence-corrected chi connectivity index (χ0v) is 18.6. The normalized spacial score (nSPS) is 11.2. The van der Waals surface area contributed by atoms with E-state index < -0.39 is 10.0 Å². The van der Waals surface area contributed by atoms with Gasteiger partial charge in [-0.2, -0.15) is 0 Å². The van der Waals surface area contributed by atoms with E-state index in [4.69, 9.17) is 16.0 Å². The highest BCUT2D eigenvalue weighted by Gasteiger charge is 2.17. The highest BCUT2D eigenvalue weighted by molar-refractivity contribution is 7.89. The first kappa shape index (κ1) is 23.5. The number of amides is 2. The summed E-state index contributed by atoms with van der Waals surface area (Å²) in [6.07, 6.45) is 1.49. The zero-order chi connectivity index (χ0) is 23.0. The molecular formula is C22H22ClN3O5S. The molecule has 0 bridgehead atoms. The maximum Gasteiger partial charge on any atom is 0.251 e. The molecule has 0 radical (unpaired) electrons. The number of benzene rings is 2. The molecule has 168 valence electrons. The van der Waals surface area contributed by atoms with Crippen LogP contribution in [0.4, 0.5) is 0 Å². The molecule has 32 heavy (non-hydrogen) atoms. The fourth-order valence-electron chi connectivity index (χ4n) is 2.83. The van der Waals surface area contributed by atoms with Crippen LogP contribution in [0.25, 0.3) is 0 Å². The molecule has 3 N–H and O–H groups in total. The first-order chi connectivity index (χ1) is 15.3. The number of nitrogens with one attached hydrogen (secondary N) is 3. The Kier molecular flexibility index (Phi) is 8.04. The quantitative estimate of drug-likeness (QED) is 0.416. The number of carbonyl (C=O) groups is 2. The molecule has 0 atom stereocenters. The second kappa shape index (κ2) is 10.9. The highest BCUT2D eigenvalue weighted by Crippen LogP contribution is 2.19. The molecule has 2 aromatic carbocycles. The molecule has 0 unspecified atom stereocenters. The van der Waals surface area contributed by atoms with Crippen molar-refractivity contribution < 1.29 is 22.4 Å². The van der Waals surface area contributed by atoms with E-state index in [0.29, 0.717) is 11.3 Å². The minimum atomic E-state index is -3.80. The summed E-state index contributed by atoms with van der Waals surface area (Å²) < 4.78 is 32.1. The van der Waals surface area contributed by atoms with Gasteiger partial charge in [0, 0.05) is 25.1 Å². The van der Waals surface area contributed by atoms with Gasteiger partial charge < -0.3 is 15.1 Å². The molecule has 0 aliphatic carbocycles. The predicted octanol–water partition coefficient (Wildman–Crippen LogP) is 2.85. The lowest BCUT2D eigenvalue weighted by molar-refractivity contribution is -0.121. The molecule has 3 aromatic rings. The lowest BCUT2D eigenvalue weighted by Crippen LogP contribution is -2.30. The van der Waals surface area contributed by atoms with Crippen LogP contribution < -0.4 is 15.4 Å². The Balaban J connectivity index is 1.45. The number of halogens is 1. The average molecular weight is 476 g/mol. The summed E-state index contributed by atoms with van der Waals surface area (Å²) in [7, 11) is -3.80. The summed E-state index contributed by atoms with van der Waals surface area (Å²) in [6, 6.07) is 16.4. The molecule has 0 fully saturated rings. The van der Waals surface area contributed by atoms with Gasteiger partial charge >= 0.3 is 0 Å². The monoisotopic (exact) mass is 475 g/mol. The minimum Gasteiger partial charge on any atom is -0.467 e. The number of carbonyl (C=O) groups excluding carboxylic acids is 2. The van der Waals surface area contributed by atoms with Crippen LogP contribution in [-0.2, 0) is 27.9 Å². The van der Waals surface area contributed by atoms with Crippen molar-refractivity contribution in [1.29, 1.82) is 0 Å². The first-order valence-corrected chi connectivity index (χ1v) is 11.6. The van der Waals surface area contributed by atoms with Gasteiger partial charge in [-0.1, -0.05) is 35.9 Å². The van der Waals surface area contributed by atoms with E-state index in [1.807, 2.05) is 0 Å². The van der Waals surface area contributed by atoms with Gasteiger partial charge in [0.15, 0.2) is 0 Å². The van der Waals surface area contributed by atoms with E-state index in [0.717, 1.165) is 5.56 Å². The third-order valence-electron chi connectivity index (χ3n) is 4.45. The number of furan rings is 1. The smallest absolute Gasteiger partial charge is 0.251 e. The van der Waals surface area contributed by atoms with E-state index in [9.17, 15) is 18.0 Å². The van der Waals surface area contributed by atoms with Crippen molar-refractivity contribution in [3.63, 3.8) is 0 Å². The van der Waals surface area contributed by atoms with Gasteiger partial charge in [0.1, 0.15) is 10.7 Å². The van der Waals surface area contributed by atoms with Crippen molar-refractivity contribution in [2.75, 3.05) is 6.54 Å². The third kappa shape index (κ3) is 6.68. The van der Waals surface area contributed by atoms with Crippen molar-refractivity contribution in [3.8, 4) is 0 Å². The lowest BCUT2D eigenvalue weighted by Gasteiger charge is -2.09. The van der Waals surface area contributed by atoms with Crippen molar-refractivity contribution in [1.82, 2.24) is 15.4 Å². The molecule has 2 amide bonds. The zero-order valence-electron chi connectivity index (χ0n) is 17.0. The topological polar surface area (TPSA) is 118 Å². The number of hydrogen-bond acceptors (Lipinski definition) is 5. The number of rotatable bonds is 10. The standard InChI is InChI=1S/C22H22ClN3O5S/c23-19-8-1-2-9-20(19)32(29,30)26-11-10-21(27)24-14-16-5-3-6-17(13-16)22(28)25-15-18-7-4-12-31-18/h1-9,12-13,26H,10-11,14-15H2,(H,24,27)(H,25,28). The van der Waals surface area contributed by atoms with E-state index >= 15 is 0 Å². The van der Waals surface area contributed by atoms with Crippen molar-refractivity contribution in [3.05, 3.63) is 88.8 Å². The summed E-state index contributed by atoms with van der Waals surface area (Å²) in [5, 5.41) is 5.58. The fraction of sp³-hybridized carbons (Fsp3) is 0.182.